The molecule has 9 heteroatoms. The molecule has 8 nitrogen and oxygen atoms in total. The number of amides is 3. The minimum Gasteiger partial charge on any atom is -0.445 e. The predicted octanol–water partition coefficient (Wildman–Crippen LogP) is 2.28. The van der Waals surface area contributed by atoms with E-state index < -0.39 is 30.0 Å². The van der Waals surface area contributed by atoms with Gasteiger partial charge in [0.05, 0.1) is 6.04 Å². The third-order valence-corrected chi connectivity index (χ3v) is 5.18. The van der Waals surface area contributed by atoms with Gasteiger partial charge in [0.15, 0.2) is 0 Å². The van der Waals surface area contributed by atoms with Crippen LogP contribution in [0.5, 0.6) is 0 Å². The first-order valence-corrected chi connectivity index (χ1v) is 10.8. The lowest BCUT2D eigenvalue weighted by molar-refractivity contribution is -0.128. The van der Waals surface area contributed by atoms with Crippen molar-refractivity contribution in [3.8, 4) is 0 Å². The fraction of sp³-hybridized carbons (Fsp3) is 0.348. The average Bonchev–Trinajstić information content (AvgIpc) is 2.78. The minimum absolute atomic E-state index is 0.0839. The van der Waals surface area contributed by atoms with Crippen molar-refractivity contribution in [2.45, 2.75) is 44.4 Å². The van der Waals surface area contributed by atoms with E-state index in [0.717, 1.165) is 11.1 Å². The van der Waals surface area contributed by atoms with Gasteiger partial charge in [-0.3, -0.25) is 9.59 Å². The first kappa shape index (κ1) is 25.2. The lowest BCUT2D eigenvalue weighted by Crippen LogP contribution is -2.51. The Morgan fingerprint density at radius 3 is 2.38 bits per heavy atom. The van der Waals surface area contributed by atoms with E-state index in [1.165, 1.54) is 0 Å². The van der Waals surface area contributed by atoms with E-state index in [1.807, 2.05) is 36.4 Å². The van der Waals surface area contributed by atoms with E-state index in [2.05, 4.69) is 10.6 Å². The molecular weight excluding hydrogens is 432 g/mol. The Bertz CT molecular complexity index is 895. The molecule has 172 valence electrons. The van der Waals surface area contributed by atoms with Gasteiger partial charge in [-0.15, -0.1) is 0 Å². The van der Waals surface area contributed by atoms with Gasteiger partial charge in [0.1, 0.15) is 12.6 Å². The molecular formula is C23H29ClN4O4. The molecule has 2 rings (SSSR count). The van der Waals surface area contributed by atoms with Crippen LogP contribution >= 0.6 is 11.6 Å². The summed E-state index contributed by atoms with van der Waals surface area (Å²) in [5.41, 5.74) is 13.0. The number of primary amides is 1. The molecule has 6 N–H and O–H groups in total. The number of halogens is 1. The summed E-state index contributed by atoms with van der Waals surface area (Å²) in [6, 6.07) is 14.8. The summed E-state index contributed by atoms with van der Waals surface area (Å²) in [5.74, 6) is -1.05. The van der Waals surface area contributed by atoms with Gasteiger partial charge in [0.2, 0.25) is 11.8 Å². The quantitative estimate of drug-likeness (QED) is 0.360. The highest BCUT2D eigenvalue weighted by Gasteiger charge is 2.22. The first-order valence-electron chi connectivity index (χ1n) is 10.4. The van der Waals surface area contributed by atoms with Crippen molar-refractivity contribution < 1.29 is 19.1 Å². The molecule has 32 heavy (non-hydrogen) atoms. The molecule has 0 saturated heterocycles. The summed E-state index contributed by atoms with van der Waals surface area (Å²) in [6.07, 6.45) is 1.38. The third-order valence-electron chi connectivity index (χ3n) is 4.81. The third kappa shape index (κ3) is 8.95. The molecule has 0 aromatic heterocycles. The van der Waals surface area contributed by atoms with Gasteiger partial charge < -0.3 is 26.8 Å². The van der Waals surface area contributed by atoms with E-state index in [-0.39, 0.29) is 6.61 Å². The average molecular weight is 461 g/mol. The Morgan fingerprint density at radius 1 is 1.00 bits per heavy atom. The zero-order valence-corrected chi connectivity index (χ0v) is 18.5. The maximum atomic E-state index is 12.3. The second-order valence-electron chi connectivity index (χ2n) is 7.35. The van der Waals surface area contributed by atoms with E-state index in [4.69, 9.17) is 27.8 Å². The highest BCUT2D eigenvalue weighted by Crippen LogP contribution is 2.15. The van der Waals surface area contributed by atoms with Gasteiger partial charge >= 0.3 is 6.09 Å². The molecule has 3 amide bonds. The van der Waals surface area contributed by atoms with Crippen LogP contribution in [0.1, 0.15) is 30.4 Å². The molecule has 0 aliphatic rings. The minimum atomic E-state index is -0.828. The lowest BCUT2D eigenvalue weighted by atomic mass is 10.0. The number of alkyl carbamates (subject to hydrolysis) is 1. The smallest absolute Gasteiger partial charge is 0.407 e. The topological polar surface area (TPSA) is 137 Å². The molecule has 0 aliphatic carbocycles. The van der Waals surface area contributed by atoms with Crippen LogP contribution in [0.2, 0.25) is 5.02 Å². The van der Waals surface area contributed by atoms with Crippen molar-refractivity contribution in [3.05, 3.63) is 70.7 Å². The number of ether oxygens (including phenoxy) is 1. The Hall–Kier alpha value is -3.10. The van der Waals surface area contributed by atoms with Crippen LogP contribution in [-0.4, -0.2) is 36.5 Å². The number of carbonyl (C=O) groups excluding carboxylic acids is 3. The van der Waals surface area contributed by atoms with Crippen LogP contribution in [-0.2, 0) is 27.4 Å². The molecule has 0 aliphatic heterocycles. The van der Waals surface area contributed by atoms with Gasteiger partial charge in [0, 0.05) is 23.6 Å². The summed E-state index contributed by atoms with van der Waals surface area (Å²) < 4.78 is 5.12. The van der Waals surface area contributed by atoms with Crippen LogP contribution in [0, 0.1) is 0 Å². The van der Waals surface area contributed by atoms with Gasteiger partial charge in [-0.1, -0.05) is 60.1 Å². The zero-order valence-electron chi connectivity index (χ0n) is 17.8. The number of carbonyl (C=O) groups is 3. The monoisotopic (exact) mass is 460 g/mol. The highest BCUT2D eigenvalue weighted by atomic mass is 35.5. The first-order chi connectivity index (χ1) is 15.4. The predicted molar refractivity (Wildman–Crippen MR) is 123 cm³/mol. The number of hydrogen-bond donors (Lipinski definition) is 4. The second-order valence-corrected chi connectivity index (χ2v) is 7.76. The number of hydrogen-bond acceptors (Lipinski definition) is 5. The molecule has 0 bridgehead atoms. The SMILES string of the molecule is NC(=O)C(Cc1ccccc1)NC(=O)C(N)CCCCNC(=O)OCc1ccccc1Cl. The molecule has 0 fully saturated rings. The lowest BCUT2D eigenvalue weighted by Gasteiger charge is -2.18. The van der Waals surface area contributed by atoms with Crippen molar-refractivity contribution in [3.63, 3.8) is 0 Å². The van der Waals surface area contributed by atoms with E-state index >= 15 is 0 Å². The van der Waals surface area contributed by atoms with Crippen molar-refractivity contribution in [2.75, 3.05) is 6.54 Å². The van der Waals surface area contributed by atoms with Gasteiger partial charge in [-0.25, -0.2) is 4.79 Å². The van der Waals surface area contributed by atoms with Gasteiger partial charge in [-0.05, 0) is 30.9 Å². The van der Waals surface area contributed by atoms with Crippen molar-refractivity contribution in [1.29, 1.82) is 0 Å². The van der Waals surface area contributed by atoms with Crippen LogP contribution in [0.4, 0.5) is 4.79 Å². The molecule has 0 saturated carbocycles. The van der Waals surface area contributed by atoms with Crippen LogP contribution < -0.4 is 22.1 Å². The number of rotatable bonds is 12. The summed E-state index contributed by atoms with van der Waals surface area (Å²) in [7, 11) is 0. The number of nitrogens with two attached hydrogens (primary N) is 2. The summed E-state index contributed by atoms with van der Waals surface area (Å²) in [6.45, 7) is 0.466. The molecule has 0 spiro atoms. The van der Waals surface area contributed by atoms with Gasteiger partial charge in [-0.2, -0.15) is 0 Å². The Kier molecular flexibility index (Phi) is 10.5. The fourth-order valence-corrected chi connectivity index (χ4v) is 3.16. The van der Waals surface area contributed by atoms with Crippen molar-refractivity contribution in [1.82, 2.24) is 10.6 Å². The number of benzene rings is 2. The Balaban J connectivity index is 1.63. The van der Waals surface area contributed by atoms with Crippen LogP contribution in [0.25, 0.3) is 0 Å². The zero-order chi connectivity index (χ0) is 23.3. The van der Waals surface area contributed by atoms with E-state index in [9.17, 15) is 14.4 Å². The summed E-state index contributed by atoms with van der Waals surface area (Å²) >= 11 is 6.02. The number of nitrogens with one attached hydrogen (secondary N) is 2. The molecule has 0 radical (unpaired) electrons. The normalized spacial score (nSPS) is 12.4. The molecule has 2 unspecified atom stereocenters. The maximum absolute atomic E-state index is 12.3. The van der Waals surface area contributed by atoms with E-state index in [1.54, 1.807) is 18.2 Å². The van der Waals surface area contributed by atoms with Crippen molar-refractivity contribution >= 4 is 29.5 Å². The van der Waals surface area contributed by atoms with Crippen LogP contribution in [0.3, 0.4) is 0 Å². The second kappa shape index (κ2) is 13.3. The molecule has 2 atom stereocenters. The van der Waals surface area contributed by atoms with Gasteiger partial charge in [0.25, 0.3) is 0 Å². The molecule has 2 aromatic carbocycles. The highest BCUT2D eigenvalue weighted by molar-refractivity contribution is 6.31. The number of unbranched alkanes of at least 4 members (excludes halogenated alkanes) is 1. The summed E-state index contributed by atoms with van der Waals surface area (Å²) in [5, 5.41) is 5.80. The fourth-order valence-electron chi connectivity index (χ4n) is 2.97. The molecule has 2 aromatic rings. The van der Waals surface area contributed by atoms with Crippen LogP contribution in [0.15, 0.2) is 54.6 Å². The standard InChI is InChI=1S/C23H29ClN4O4/c24-18-11-5-4-10-17(18)15-32-23(31)27-13-7-6-12-19(25)22(30)28-20(21(26)29)14-16-8-2-1-3-9-16/h1-5,8-11,19-20H,6-7,12-15,25H2,(H2,26,29)(H,27,31)(H,28,30). The Morgan fingerprint density at radius 2 is 1.69 bits per heavy atom. The Labute approximate surface area is 192 Å². The summed E-state index contributed by atoms with van der Waals surface area (Å²) in [4.78, 5) is 35.8. The van der Waals surface area contributed by atoms with E-state index in [0.29, 0.717) is 37.3 Å². The maximum Gasteiger partial charge on any atom is 0.407 e. The van der Waals surface area contributed by atoms with Crippen molar-refractivity contribution in [2.24, 2.45) is 11.5 Å². The molecule has 0 heterocycles. The largest absolute Gasteiger partial charge is 0.445 e.